The zero-order valence-corrected chi connectivity index (χ0v) is 26.0. The molecule has 242 valence electrons. The van der Waals surface area contributed by atoms with Crippen molar-refractivity contribution in [2.24, 2.45) is 11.8 Å². The number of carbonyl (C=O) groups is 3. The Morgan fingerprint density at radius 1 is 0.867 bits per heavy atom. The number of alkyl halides is 6. The Kier molecular flexibility index (Phi) is 9.71. The lowest BCUT2D eigenvalue weighted by atomic mass is 9.83. The quantitative estimate of drug-likeness (QED) is 0.182. The van der Waals surface area contributed by atoms with Crippen LogP contribution in [0.3, 0.4) is 0 Å². The Labute approximate surface area is 268 Å². The van der Waals surface area contributed by atoms with Crippen molar-refractivity contribution in [2.75, 3.05) is 0 Å². The van der Waals surface area contributed by atoms with Gasteiger partial charge in [0.1, 0.15) is 4.32 Å². The summed E-state index contributed by atoms with van der Waals surface area (Å²) in [7, 11) is 0. The van der Waals surface area contributed by atoms with E-state index in [-0.39, 0.29) is 52.9 Å². The van der Waals surface area contributed by atoms with Crippen LogP contribution >= 0.6 is 35.3 Å². The van der Waals surface area contributed by atoms with Gasteiger partial charge in [-0.2, -0.15) is 26.3 Å². The molecule has 0 atom stereocenters. The van der Waals surface area contributed by atoms with Crippen molar-refractivity contribution < 1.29 is 45.8 Å². The average Bonchev–Trinajstić information content (AvgIpc) is 3.55. The third kappa shape index (κ3) is 7.74. The van der Waals surface area contributed by atoms with E-state index in [4.69, 9.17) is 17.3 Å². The summed E-state index contributed by atoms with van der Waals surface area (Å²) < 4.78 is 80.3. The lowest BCUT2D eigenvalue weighted by Crippen LogP contribution is -2.45. The fourth-order valence-electron chi connectivity index (χ4n) is 6.03. The van der Waals surface area contributed by atoms with Gasteiger partial charge in [0.25, 0.3) is 5.91 Å². The lowest BCUT2D eigenvalue weighted by Gasteiger charge is -2.34. The van der Waals surface area contributed by atoms with Crippen molar-refractivity contribution in [3.05, 3.63) is 50.6 Å². The lowest BCUT2D eigenvalue weighted by molar-refractivity contribution is -0.144. The highest BCUT2D eigenvalue weighted by molar-refractivity contribution is 8.26. The number of nitrogens with zero attached hydrogens (tertiary/aromatic N) is 1. The number of carboxylic acids is 1. The van der Waals surface area contributed by atoms with E-state index in [0.717, 1.165) is 23.1 Å². The summed E-state index contributed by atoms with van der Waals surface area (Å²) >= 11 is 7.64. The Morgan fingerprint density at radius 2 is 1.44 bits per heavy atom. The molecule has 2 aromatic rings. The topological polar surface area (TPSA) is 86.7 Å². The van der Waals surface area contributed by atoms with Gasteiger partial charge < -0.3 is 10.4 Å². The summed E-state index contributed by atoms with van der Waals surface area (Å²) in [6.07, 6.45) is -3.84. The Balaban J connectivity index is 1.21. The number of thiophene rings is 1. The number of hydrogen-bond donors (Lipinski definition) is 2. The van der Waals surface area contributed by atoms with E-state index in [2.05, 4.69) is 5.32 Å². The van der Waals surface area contributed by atoms with Crippen LogP contribution in [0.25, 0.3) is 17.2 Å². The molecule has 0 unspecified atom stereocenters. The number of halogens is 6. The second-order valence-corrected chi connectivity index (χ2v) is 14.1. The first-order chi connectivity index (χ1) is 21.1. The maximum Gasteiger partial charge on any atom is 0.416 e. The van der Waals surface area contributed by atoms with Crippen LogP contribution in [0.2, 0.25) is 0 Å². The minimum Gasteiger partial charge on any atom is -0.481 e. The van der Waals surface area contributed by atoms with Gasteiger partial charge in [-0.15, -0.1) is 11.3 Å². The summed E-state index contributed by atoms with van der Waals surface area (Å²) in [4.78, 5) is 39.7. The fourth-order valence-corrected chi connectivity index (χ4v) is 8.34. The first-order valence-corrected chi connectivity index (χ1v) is 16.4. The number of amides is 2. The predicted molar refractivity (Wildman–Crippen MR) is 162 cm³/mol. The first kappa shape index (κ1) is 33.5. The van der Waals surface area contributed by atoms with Crippen molar-refractivity contribution >= 4 is 63.5 Å². The van der Waals surface area contributed by atoms with E-state index in [1.54, 1.807) is 0 Å². The van der Waals surface area contributed by atoms with E-state index in [0.29, 0.717) is 77.6 Å². The van der Waals surface area contributed by atoms with Crippen molar-refractivity contribution in [1.29, 1.82) is 0 Å². The Bertz CT molecular complexity index is 1490. The van der Waals surface area contributed by atoms with Crippen LogP contribution in [0, 0.1) is 11.8 Å². The van der Waals surface area contributed by atoms with Crippen LogP contribution in [-0.4, -0.2) is 44.2 Å². The van der Waals surface area contributed by atoms with Gasteiger partial charge in [0, 0.05) is 22.9 Å². The molecule has 45 heavy (non-hydrogen) atoms. The molecule has 3 fully saturated rings. The number of rotatable bonds is 6. The maximum atomic E-state index is 13.3. The van der Waals surface area contributed by atoms with Gasteiger partial charge in [-0.3, -0.25) is 19.3 Å². The molecule has 2 heterocycles. The maximum absolute atomic E-state index is 13.3. The molecule has 1 saturated heterocycles. The summed E-state index contributed by atoms with van der Waals surface area (Å²) in [6.45, 7) is 0. The third-order valence-corrected chi connectivity index (χ3v) is 10.7. The molecule has 0 spiro atoms. The van der Waals surface area contributed by atoms with Crippen molar-refractivity contribution in [2.45, 2.75) is 75.8 Å². The number of hydrogen-bond acceptors (Lipinski definition) is 6. The normalized spacial score (nSPS) is 25.6. The van der Waals surface area contributed by atoms with Crippen molar-refractivity contribution in [3.63, 3.8) is 0 Å². The minimum absolute atomic E-state index is 0.0410. The number of carbonyl (C=O) groups excluding carboxylic acids is 2. The van der Waals surface area contributed by atoms with Crippen molar-refractivity contribution in [1.82, 2.24) is 10.2 Å². The van der Waals surface area contributed by atoms with E-state index in [1.807, 2.05) is 0 Å². The highest BCUT2D eigenvalue weighted by atomic mass is 32.2. The Hall–Kier alpha value is -2.91. The van der Waals surface area contributed by atoms with E-state index >= 15 is 0 Å². The van der Waals surface area contributed by atoms with Crippen LogP contribution in [0.4, 0.5) is 26.3 Å². The van der Waals surface area contributed by atoms with Gasteiger partial charge >= 0.3 is 18.3 Å². The molecule has 1 aromatic heterocycles. The molecule has 1 aliphatic heterocycles. The molecular weight excluding hydrogens is 663 g/mol. The molecule has 3 aliphatic rings. The predicted octanol–water partition coefficient (Wildman–Crippen LogP) is 7.97. The molecule has 0 bridgehead atoms. The van der Waals surface area contributed by atoms with E-state index in [9.17, 15) is 40.7 Å². The van der Waals surface area contributed by atoms with Gasteiger partial charge in [-0.05, 0) is 98.2 Å². The van der Waals surface area contributed by atoms with E-state index < -0.39 is 29.4 Å². The monoisotopic (exact) mass is 690 g/mol. The summed E-state index contributed by atoms with van der Waals surface area (Å²) in [6, 6.07) is 2.60. The average molecular weight is 691 g/mol. The number of carboxylic acid groups (broad SMARTS) is 1. The van der Waals surface area contributed by atoms with E-state index in [1.165, 1.54) is 22.4 Å². The molecule has 2 aliphatic carbocycles. The standard InChI is InChI=1S/C30H28F6N2O4S3/c31-29(32,33)19-9-17(10-20(12-19)30(34,35)36)18-11-23(44-14-18)13-24-26(40)38(28(43)45-24)22-7-3-15(4-8-22)25(39)37-21-5-1-16(2-6-21)27(41)42/h9-16,21-22H,1-8H2,(H,37,39)(H,41,42). The van der Waals surface area contributed by atoms with Crippen LogP contribution in [0.1, 0.15) is 67.4 Å². The van der Waals surface area contributed by atoms with Gasteiger partial charge in [0.05, 0.1) is 21.9 Å². The highest BCUT2D eigenvalue weighted by Crippen LogP contribution is 2.42. The number of benzene rings is 1. The second kappa shape index (κ2) is 13.1. The van der Waals surface area contributed by atoms with Gasteiger partial charge in [-0.25, -0.2) is 0 Å². The SMILES string of the molecule is O=C(O)C1CCC(NC(=O)C2CCC(N3C(=O)C(=Cc4cc(-c5cc(C(F)(F)F)cc(C(F)(F)F)c5)cs4)SC3=S)CC2)CC1. The fraction of sp³-hybridized carbons (Fsp3) is 0.467. The van der Waals surface area contributed by atoms with Crippen LogP contribution in [0.5, 0.6) is 0 Å². The molecule has 1 aromatic carbocycles. The first-order valence-electron chi connectivity index (χ1n) is 14.3. The zero-order chi connectivity index (χ0) is 32.7. The molecule has 6 nitrogen and oxygen atoms in total. The van der Waals surface area contributed by atoms with Crippen LogP contribution in [0.15, 0.2) is 34.6 Å². The van der Waals surface area contributed by atoms with Gasteiger partial charge in [0.15, 0.2) is 0 Å². The molecule has 2 amide bonds. The molecule has 0 radical (unpaired) electrons. The van der Waals surface area contributed by atoms with Crippen LogP contribution < -0.4 is 5.32 Å². The smallest absolute Gasteiger partial charge is 0.416 e. The van der Waals surface area contributed by atoms with Gasteiger partial charge in [-0.1, -0.05) is 24.0 Å². The number of nitrogens with one attached hydrogen (secondary N) is 1. The largest absolute Gasteiger partial charge is 0.481 e. The van der Waals surface area contributed by atoms with Gasteiger partial charge in [0.2, 0.25) is 5.91 Å². The molecule has 5 rings (SSSR count). The summed E-state index contributed by atoms with van der Waals surface area (Å²) in [5.41, 5.74) is -2.90. The Morgan fingerprint density at radius 3 is 2.00 bits per heavy atom. The molecule has 15 heteroatoms. The number of thioether (sulfide) groups is 1. The summed E-state index contributed by atoms with van der Waals surface area (Å²) in [5.74, 6) is -1.78. The van der Waals surface area contributed by atoms with Crippen LogP contribution in [-0.2, 0) is 26.7 Å². The molecule has 2 saturated carbocycles. The number of thiocarbonyl (C=S) groups is 1. The van der Waals surface area contributed by atoms with Crippen molar-refractivity contribution in [3.8, 4) is 11.1 Å². The highest BCUT2D eigenvalue weighted by Gasteiger charge is 2.40. The third-order valence-electron chi connectivity index (χ3n) is 8.49. The summed E-state index contributed by atoms with van der Waals surface area (Å²) in [5, 5.41) is 13.7. The number of aliphatic carboxylic acids is 1. The molecule has 2 N–H and O–H groups in total. The minimum atomic E-state index is -4.96. The second-order valence-electron chi connectivity index (χ2n) is 11.5. The zero-order valence-electron chi connectivity index (χ0n) is 23.5. The molecular formula is C30H28F6N2O4S3.